The lowest BCUT2D eigenvalue weighted by molar-refractivity contribution is -0.0720. The standard InChI is InChI=1S/C22H35N5O2/c23-22(28)21-16-24-17(15-25-21)3-2-10-26-11-6-19(7-12-26)29-20-8-13-27(14-9-20)18-4-1-5-18/h15-16,18-20H,1-14H2,(H2,23,28). The molecule has 7 nitrogen and oxygen atoms in total. The Morgan fingerprint density at radius 1 is 1.00 bits per heavy atom. The van der Waals surface area contributed by atoms with Crippen molar-refractivity contribution in [1.29, 1.82) is 0 Å². The van der Waals surface area contributed by atoms with Gasteiger partial charge in [0.25, 0.3) is 5.91 Å². The van der Waals surface area contributed by atoms with Crippen molar-refractivity contribution in [2.24, 2.45) is 5.73 Å². The van der Waals surface area contributed by atoms with Crippen LogP contribution in [0.25, 0.3) is 0 Å². The molecule has 3 fully saturated rings. The van der Waals surface area contributed by atoms with E-state index in [4.69, 9.17) is 10.5 Å². The van der Waals surface area contributed by atoms with E-state index >= 15 is 0 Å². The number of hydrogen-bond acceptors (Lipinski definition) is 6. The van der Waals surface area contributed by atoms with Crippen LogP contribution >= 0.6 is 0 Å². The summed E-state index contributed by atoms with van der Waals surface area (Å²) in [6.07, 6.45) is 15.0. The number of nitrogens with two attached hydrogens (primary N) is 1. The molecule has 2 N–H and O–H groups in total. The Balaban J connectivity index is 1.09. The molecule has 29 heavy (non-hydrogen) atoms. The van der Waals surface area contributed by atoms with Gasteiger partial charge in [0.05, 0.1) is 24.1 Å². The number of rotatable bonds is 8. The first-order chi connectivity index (χ1) is 14.2. The molecule has 2 saturated heterocycles. The van der Waals surface area contributed by atoms with Crippen LogP contribution in [0.4, 0.5) is 0 Å². The second kappa shape index (κ2) is 9.96. The monoisotopic (exact) mass is 401 g/mol. The summed E-state index contributed by atoms with van der Waals surface area (Å²) >= 11 is 0. The van der Waals surface area contributed by atoms with Crippen LogP contribution in [0.15, 0.2) is 12.4 Å². The van der Waals surface area contributed by atoms with E-state index < -0.39 is 5.91 Å². The average molecular weight is 402 g/mol. The Kier molecular flexibility index (Phi) is 7.11. The Morgan fingerprint density at radius 2 is 1.69 bits per heavy atom. The highest BCUT2D eigenvalue weighted by atomic mass is 16.5. The number of carbonyl (C=O) groups is 1. The van der Waals surface area contributed by atoms with Crippen molar-refractivity contribution in [3.8, 4) is 0 Å². The van der Waals surface area contributed by atoms with E-state index in [0.29, 0.717) is 12.2 Å². The molecule has 0 radical (unpaired) electrons. The molecule has 0 atom stereocenters. The lowest BCUT2D eigenvalue weighted by atomic mass is 9.89. The zero-order chi connectivity index (χ0) is 20.1. The third kappa shape index (κ3) is 5.74. The van der Waals surface area contributed by atoms with Crippen molar-refractivity contribution in [2.75, 3.05) is 32.7 Å². The lowest BCUT2D eigenvalue weighted by Crippen LogP contribution is -2.47. The average Bonchev–Trinajstić information content (AvgIpc) is 2.70. The summed E-state index contributed by atoms with van der Waals surface area (Å²) in [7, 11) is 0. The van der Waals surface area contributed by atoms with Gasteiger partial charge in [0.2, 0.25) is 0 Å². The SMILES string of the molecule is NC(=O)c1cnc(CCCN2CCC(OC3CCN(C4CCC4)CC3)CC2)cn1. The number of aromatic nitrogens is 2. The Hall–Kier alpha value is -1.57. The molecule has 2 aliphatic heterocycles. The van der Waals surface area contributed by atoms with Gasteiger partial charge in [-0.3, -0.25) is 9.78 Å². The highest BCUT2D eigenvalue weighted by Gasteiger charge is 2.30. The first kappa shape index (κ1) is 20.7. The van der Waals surface area contributed by atoms with Gasteiger partial charge >= 0.3 is 0 Å². The smallest absolute Gasteiger partial charge is 0.268 e. The minimum absolute atomic E-state index is 0.226. The molecular formula is C22H35N5O2. The van der Waals surface area contributed by atoms with E-state index in [0.717, 1.165) is 57.1 Å². The van der Waals surface area contributed by atoms with E-state index in [1.807, 2.05) is 0 Å². The van der Waals surface area contributed by atoms with Crippen LogP contribution in [0.5, 0.6) is 0 Å². The number of carbonyl (C=O) groups excluding carboxylic acids is 1. The molecule has 1 aromatic heterocycles. The highest BCUT2D eigenvalue weighted by molar-refractivity contribution is 5.90. The summed E-state index contributed by atoms with van der Waals surface area (Å²) in [5.41, 5.74) is 6.34. The van der Waals surface area contributed by atoms with E-state index in [1.54, 1.807) is 6.20 Å². The highest BCUT2D eigenvalue weighted by Crippen LogP contribution is 2.29. The summed E-state index contributed by atoms with van der Waals surface area (Å²) in [6, 6.07) is 0.881. The minimum atomic E-state index is -0.530. The van der Waals surface area contributed by atoms with Gasteiger partial charge in [0.1, 0.15) is 5.69 Å². The fourth-order valence-electron chi connectivity index (χ4n) is 4.76. The van der Waals surface area contributed by atoms with E-state index in [1.165, 1.54) is 51.4 Å². The second-order valence-electron chi connectivity index (χ2n) is 8.86. The summed E-state index contributed by atoms with van der Waals surface area (Å²) in [4.78, 5) is 24.6. The van der Waals surface area contributed by atoms with Crippen molar-refractivity contribution in [3.05, 3.63) is 23.8 Å². The Bertz CT molecular complexity index is 648. The van der Waals surface area contributed by atoms with Gasteiger partial charge in [-0.1, -0.05) is 6.42 Å². The molecule has 7 heteroatoms. The van der Waals surface area contributed by atoms with Crippen LogP contribution in [-0.2, 0) is 11.2 Å². The fraction of sp³-hybridized carbons (Fsp3) is 0.773. The molecule has 160 valence electrons. The Morgan fingerprint density at radius 3 is 2.24 bits per heavy atom. The number of nitrogens with zero attached hydrogens (tertiary/aromatic N) is 4. The third-order valence-electron chi connectivity index (χ3n) is 6.85. The summed E-state index contributed by atoms with van der Waals surface area (Å²) in [5.74, 6) is -0.530. The topological polar surface area (TPSA) is 84.6 Å². The molecule has 0 aromatic carbocycles. The predicted octanol–water partition coefficient (Wildman–Crippen LogP) is 2.01. The fourth-order valence-corrected chi connectivity index (χ4v) is 4.76. The predicted molar refractivity (Wildman–Crippen MR) is 112 cm³/mol. The quantitative estimate of drug-likeness (QED) is 0.717. The molecule has 1 aromatic rings. The van der Waals surface area contributed by atoms with Crippen molar-refractivity contribution >= 4 is 5.91 Å². The largest absolute Gasteiger partial charge is 0.375 e. The zero-order valence-corrected chi connectivity index (χ0v) is 17.5. The minimum Gasteiger partial charge on any atom is -0.375 e. The van der Waals surface area contributed by atoms with E-state index in [-0.39, 0.29) is 5.69 Å². The number of piperidine rings is 2. The first-order valence-electron chi connectivity index (χ1n) is 11.4. The van der Waals surface area contributed by atoms with Crippen molar-refractivity contribution in [2.45, 2.75) is 76.0 Å². The van der Waals surface area contributed by atoms with Crippen LogP contribution < -0.4 is 5.73 Å². The van der Waals surface area contributed by atoms with Crippen LogP contribution in [0.2, 0.25) is 0 Å². The summed E-state index contributed by atoms with van der Waals surface area (Å²) in [5, 5.41) is 0. The normalized spacial score (nSPS) is 23.2. The lowest BCUT2D eigenvalue weighted by Gasteiger charge is -2.42. The Labute approximate surface area is 174 Å². The zero-order valence-electron chi connectivity index (χ0n) is 17.5. The molecule has 0 unspecified atom stereocenters. The number of aryl methyl sites for hydroxylation is 1. The van der Waals surface area contributed by atoms with Crippen molar-refractivity contribution in [3.63, 3.8) is 0 Å². The number of hydrogen-bond donors (Lipinski definition) is 1. The first-order valence-corrected chi connectivity index (χ1v) is 11.4. The molecule has 1 saturated carbocycles. The molecule has 3 aliphatic rings. The van der Waals surface area contributed by atoms with Gasteiger partial charge in [0.15, 0.2) is 0 Å². The maximum absolute atomic E-state index is 11.0. The van der Waals surface area contributed by atoms with Crippen LogP contribution in [0, 0.1) is 0 Å². The van der Waals surface area contributed by atoms with Crippen LogP contribution in [0.3, 0.4) is 0 Å². The van der Waals surface area contributed by atoms with Gasteiger partial charge < -0.3 is 20.3 Å². The van der Waals surface area contributed by atoms with E-state index in [2.05, 4.69) is 19.8 Å². The third-order valence-corrected chi connectivity index (χ3v) is 6.85. The molecule has 0 bridgehead atoms. The second-order valence-corrected chi connectivity index (χ2v) is 8.86. The van der Waals surface area contributed by atoms with Crippen molar-refractivity contribution in [1.82, 2.24) is 19.8 Å². The molecular weight excluding hydrogens is 366 g/mol. The van der Waals surface area contributed by atoms with Gasteiger partial charge in [-0.05, 0) is 57.9 Å². The maximum atomic E-state index is 11.0. The van der Waals surface area contributed by atoms with Gasteiger partial charge in [-0.25, -0.2) is 4.98 Å². The van der Waals surface area contributed by atoms with Crippen molar-refractivity contribution < 1.29 is 9.53 Å². The summed E-state index contributed by atoms with van der Waals surface area (Å²) in [6.45, 7) is 5.79. The van der Waals surface area contributed by atoms with Gasteiger partial charge in [-0.2, -0.15) is 0 Å². The van der Waals surface area contributed by atoms with Crippen LogP contribution in [0.1, 0.15) is 67.5 Å². The maximum Gasteiger partial charge on any atom is 0.268 e. The molecule has 1 aliphatic carbocycles. The molecule has 1 amide bonds. The van der Waals surface area contributed by atoms with Gasteiger partial charge in [0, 0.05) is 38.4 Å². The molecule has 4 rings (SSSR count). The number of ether oxygens (including phenoxy) is 1. The summed E-state index contributed by atoms with van der Waals surface area (Å²) < 4.78 is 6.46. The van der Waals surface area contributed by atoms with E-state index in [9.17, 15) is 4.79 Å². The molecule has 3 heterocycles. The molecule has 0 spiro atoms. The number of amides is 1. The van der Waals surface area contributed by atoms with Gasteiger partial charge in [-0.15, -0.1) is 0 Å². The number of likely N-dealkylation sites (tertiary alicyclic amines) is 2. The van der Waals surface area contributed by atoms with Crippen LogP contribution in [-0.4, -0.2) is 76.6 Å². The number of primary amides is 1.